The van der Waals surface area contributed by atoms with Gasteiger partial charge in [-0.05, 0) is 42.5 Å². The first-order valence-corrected chi connectivity index (χ1v) is 9.39. The molecule has 2 aromatic heterocycles. The van der Waals surface area contributed by atoms with Crippen LogP contribution in [-0.2, 0) is 6.42 Å². The zero-order valence-corrected chi connectivity index (χ0v) is 15.5. The number of pyridine rings is 1. The van der Waals surface area contributed by atoms with Gasteiger partial charge in [0.15, 0.2) is 11.4 Å². The molecule has 0 amide bonds. The minimum absolute atomic E-state index is 0.0500. The lowest BCUT2D eigenvalue weighted by atomic mass is 9.79. The predicted molar refractivity (Wildman–Crippen MR) is 108 cm³/mol. The molecule has 2 aromatic carbocycles. The van der Waals surface area contributed by atoms with Gasteiger partial charge in [0.1, 0.15) is 0 Å². The third-order valence-corrected chi connectivity index (χ3v) is 5.53. The number of para-hydroxylation sites is 1. The number of carbonyl (C=O) groups excluding carboxylic acids is 1. The number of hydrogen-bond acceptors (Lipinski definition) is 3. The number of rotatable bonds is 2. The smallest absolute Gasteiger partial charge is 0.281 e. The molecule has 0 spiro atoms. The number of aromatic nitrogens is 3. The Morgan fingerprint density at radius 3 is 2.64 bits per heavy atom. The van der Waals surface area contributed by atoms with Gasteiger partial charge in [-0.15, -0.1) is 0 Å². The fourth-order valence-electron chi connectivity index (χ4n) is 4.16. The Labute approximate surface area is 161 Å². The molecule has 5 heteroatoms. The SMILES string of the molecule is Cc1cccc([C@@H]2CC(=O)c3cnc4[nH]n(-c5ccccc5)c(=O)c4c3C2)c1. The zero-order chi connectivity index (χ0) is 19.3. The molecule has 0 radical (unpaired) electrons. The minimum atomic E-state index is -0.164. The molecule has 1 aliphatic rings. The van der Waals surface area contributed by atoms with Gasteiger partial charge in [0.25, 0.3) is 5.56 Å². The second-order valence-corrected chi connectivity index (χ2v) is 7.40. The third kappa shape index (κ3) is 2.59. The third-order valence-electron chi connectivity index (χ3n) is 5.53. The van der Waals surface area contributed by atoms with Crippen LogP contribution in [0.3, 0.4) is 0 Å². The van der Waals surface area contributed by atoms with E-state index < -0.39 is 0 Å². The van der Waals surface area contributed by atoms with Crippen molar-refractivity contribution < 1.29 is 4.79 Å². The van der Waals surface area contributed by atoms with E-state index in [0.29, 0.717) is 29.4 Å². The molecule has 1 N–H and O–H groups in total. The molecular formula is C23H19N3O2. The maximum absolute atomic E-state index is 13.2. The van der Waals surface area contributed by atoms with Gasteiger partial charge in [0.2, 0.25) is 0 Å². The minimum Gasteiger partial charge on any atom is -0.294 e. The predicted octanol–water partition coefficient (Wildman–Crippen LogP) is 3.93. The highest BCUT2D eigenvalue weighted by Gasteiger charge is 2.30. The number of aryl methyl sites for hydroxylation is 1. The van der Waals surface area contributed by atoms with E-state index in [4.69, 9.17) is 0 Å². The van der Waals surface area contributed by atoms with Gasteiger partial charge < -0.3 is 0 Å². The number of benzene rings is 2. The Morgan fingerprint density at radius 1 is 1.04 bits per heavy atom. The molecule has 4 aromatic rings. The highest BCUT2D eigenvalue weighted by molar-refractivity contribution is 6.02. The number of carbonyl (C=O) groups is 1. The summed E-state index contributed by atoms with van der Waals surface area (Å²) in [6, 6.07) is 17.7. The van der Waals surface area contributed by atoms with Crippen molar-refractivity contribution in [2.24, 2.45) is 0 Å². The van der Waals surface area contributed by atoms with Crippen molar-refractivity contribution in [3.8, 4) is 5.69 Å². The second kappa shape index (κ2) is 6.30. The van der Waals surface area contributed by atoms with E-state index in [2.05, 4.69) is 35.2 Å². The van der Waals surface area contributed by atoms with E-state index in [1.54, 1.807) is 6.20 Å². The van der Waals surface area contributed by atoms with Gasteiger partial charge in [-0.2, -0.15) is 0 Å². The van der Waals surface area contributed by atoms with Gasteiger partial charge in [-0.1, -0.05) is 48.0 Å². The van der Waals surface area contributed by atoms with Crippen LogP contribution in [0.5, 0.6) is 0 Å². The van der Waals surface area contributed by atoms with Crippen LogP contribution in [0.1, 0.15) is 39.4 Å². The normalized spacial score (nSPS) is 16.3. The summed E-state index contributed by atoms with van der Waals surface area (Å²) in [6.45, 7) is 2.05. The van der Waals surface area contributed by atoms with E-state index in [-0.39, 0.29) is 17.3 Å². The fraction of sp³-hybridized carbons (Fsp3) is 0.174. The van der Waals surface area contributed by atoms with E-state index in [0.717, 1.165) is 16.8 Å². The summed E-state index contributed by atoms with van der Waals surface area (Å²) in [7, 11) is 0. The highest BCUT2D eigenvalue weighted by atomic mass is 16.1. The number of aromatic amines is 1. The van der Waals surface area contributed by atoms with Crippen LogP contribution in [0.15, 0.2) is 65.6 Å². The van der Waals surface area contributed by atoms with Gasteiger partial charge in [0, 0.05) is 18.2 Å². The number of nitrogens with one attached hydrogen (secondary N) is 1. The molecule has 138 valence electrons. The molecule has 0 aliphatic heterocycles. The van der Waals surface area contributed by atoms with Gasteiger partial charge in [-0.25, -0.2) is 9.67 Å². The van der Waals surface area contributed by atoms with Crippen molar-refractivity contribution in [2.75, 3.05) is 0 Å². The van der Waals surface area contributed by atoms with Crippen LogP contribution in [0.4, 0.5) is 0 Å². The standard InChI is InChI=1S/C23H19N3O2/c1-14-6-5-7-15(10-14)16-11-18-19(20(27)12-16)13-24-22-21(18)23(28)26(25-22)17-8-3-2-4-9-17/h2-10,13,16H,11-12H2,1H3,(H,24,25)/t16-/m0/s1. The number of H-pyrrole nitrogens is 1. The van der Waals surface area contributed by atoms with Crippen molar-refractivity contribution >= 4 is 16.8 Å². The lowest BCUT2D eigenvalue weighted by Crippen LogP contribution is -2.22. The van der Waals surface area contributed by atoms with E-state index in [1.165, 1.54) is 10.2 Å². The van der Waals surface area contributed by atoms with Crippen molar-refractivity contribution in [2.45, 2.75) is 25.7 Å². The molecule has 0 bridgehead atoms. The van der Waals surface area contributed by atoms with Crippen molar-refractivity contribution in [1.29, 1.82) is 0 Å². The van der Waals surface area contributed by atoms with Crippen LogP contribution >= 0.6 is 0 Å². The van der Waals surface area contributed by atoms with Crippen molar-refractivity contribution in [1.82, 2.24) is 14.8 Å². The number of ketones is 1. The average Bonchev–Trinajstić information content (AvgIpc) is 3.05. The molecule has 0 saturated carbocycles. The average molecular weight is 369 g/mol. The first kappa shape index (κ1) is 16.7. The fourth-order valence-corrected chi connectivity index (χ4v) is 4.16. The van der Waals surface area contributed by atoms with Crippen molar-refractivity contribution in [3.63, 3.8) is 0 Å². The maximum atomic E-state index is 13.2. The molecule has 1 atom stereocenters. The van der Waals surface area contributed by atoms with E-state index >= 15 is 0 Å². The van der Waals surface area contributed by atoms with Crippen LogP contribution in [0, 0.1) is 6.92 Å². The van der Waals surface area contributed by atoms with E-state index in [1.807, 2.05) is 36.4 Å². The first-order valence-electron chi connectivity index (χ1n) is 9.39. The molecule has 5 nitrogen and oxygen atoms in total. The topological polar surface area (TPSA) is 67.8 Å². The number of Topliss-reactive ketones (excluding diaryl/α,β-unsaturated/α-hetero) is 1. The van der Waals surface area contributed by atoms with Gasteiger partial charge in [-0.3, -0.25) is 14.7 Å². The Kier molecular flexibility index (Phi) is 3.76. The van der Waals surface area contributed by atoms with Gasteiger partial charge >= 0.3 is 0 Å². The van der Waals surface area contributed by atoms with E-state index in [9.17, 15) is 9.59 Å². The van der Waals surface area contributed by atoms with Crippen LogP contribution < -0.4 is 5.56 Å². The molecule has 0 unspecified atom stereocenters. The lowest BCUT2D eigenvalue weighted by molar-refractivity contribution is 0.0964. The Balaban J connectivity index is 1.68. The molecule has 0 saturated heterocycles. The Morgan fingerprint density at radius 2 is 1.86 bits per heavy atom. The lowest BCUT2D eigenvalue weighted by Gasteiger charge is -2.24. The number of fused-ring (bicyclic) bond motifs is 3. The summed E-state index contributed by atoms with van der Waals surface area (Å²) in [6.07, 6.45) is 2.71. The van der Waals surface area contributed by atoms with Crippen LogP contribution in [-0.4, -0.2) is 20.5 Å². The summed E-state index contributed by atoms with van der Waals surface area (Å²) < 4.78 is 1.50. The quantitative estimate of drug-likeness (QED) is 0.582. The highest BCUT2D eigenvalue weighted by Crippen LogP contribution is 2.35. The van der Waals surface area contributed by atoms with Crippen molar-refractivity contribution in [3.05, 3.63) is 93.4 Å². The summed E-state index contributed by atoms with van der Waals surface area (Å²) in [5.41, 5.74) is 4.80. The largest absolute Gasteiger partial charge is 0.294 e. The van der Waals surface area contributed by atoms with Gasteiger partial charge in [0.05, 0.1) is 11.1 Å². The summed E-state index contributed by atoms with van der Waals surface area (Å²) in [4.78, 5) is 30.4. The molecule has 5 rings (SSSR count). The molecule has 1 aliphatic carbocycles. The molecule has 2 heterocycles. The molecule has 0 fully saturated rings. The monoisotopic (exact) mass is 369 g/mol. The molecular weight excluding hydrogens is 350 g/mol. The zero-order valence-electron chi connectivity index (χ0n) is 15.5. The summed E-state index contributed by atoms with van der Waals surface area (Å²) in [5.74, 6) is 0.124. The Bertz CT molecular complexity index is 1270. The summed E-state index contributed by atoms with van der Waals surface area (Å²) in [5, 5.41) is 3.61. The number of hydrogen-bond donors (Lipinski definition) is 1. The molecule has 28 heavy (non-hydrogen) atoms. The second-order valence-electron chi connectivity index (χ2n) is 7.40. The van der Waals surface area contributed by atoms with Crippen LogP contribution in [0.25, 0.3) is 16.7 Å². The Hall–Kier alpha value is -3.47. The maximum Gasteiger partial charge on any atom is 0.281 e. The number of nitrogens with zero attached hydrogens (tertiary/aromatic N) is 2. The van der Waals surface area contributed by atoms with Crippen LogP contribution in [0.2, 0.25) is 0 Å². The summed E-state index contributed by atoms with van der Waals surface area (Å²) >= 11 is 0. The first-order chi connectivity index (χ1) is 13.6.